The summed E-state index contributed by atoms with van der Waals surface area (Å²) in [5.41, 5.74) is 1.51. The zero-order valence-electron chi connectivity index (χ0n) is 26.4. The number of ether oxygens (including phenoxy) is 3. The standard InChI is InChI=1S/C34H38F3N3O6/c1-5-26-23(34(42)43)17-22-27(38-26)12-15-40(33(22)41)20-10-13-39(14-11-20)18-24-30(44-4)29(37)28(21-9-8-19(35)16-25(21)36)32(46-7-3)31(24)45-6-2/h8-9,16-17,20H,5-7,10-15,18H2,1-4H3,(H,42,43). The van der Waals surface area contributed by atoms with Gasteiger partial charge in [-0.1, -0.05) is 6.92 Å². The van der Waals surface area contributed by atoms with Gasteiger partial charge in [-0.15, -0.1) is 0 Å². The van der Waals surface area contributed by atoms with E-state index in [4.69, 9.17) is 14.2 Å². The van der Waals surface area contributed by atoms with E-state index in [9.17, 15) is 23.5 Å². The van der Waals surface area contributed by atoms with E-state index in [2.05, 4.69) is 9.88 Å². The summed E-state index contributed by atoms with van der Waals surface area (Å²) in [6.45, 7) is 7.55. The van der Waals surface area contributed by atoms with Crippen LogP contribution in [0, 0.1) is 17.5 Å². The maximum Gasteiger partial charge on any atom is 0.337 e. The van der Waals surface area contributed by atoms with Crippen molar-refractivity contribution in [3.05, 3.63) is 69.8 Å². The lowest BCUT2D eigenvalue weighted by molar-refractivity contribution is 0.0542. The molecule has 3 aromatic rings. The van der Waals surface area contributed by atoms with E-state index in [0.717, 1.165) is 12.1 Å². The highest BCUT2D eigenvalue weighted by atomic mass is 19.1. The fraction of sp³-hybridized carbons (Fsp3) is 0.441. The molecule has 9 nitrogen and oxygen atoms in total. The van der Waals surface area contributed by atoms with Gasteiger partial charge in [0.1, 0.15) is 11.6 Å². The van der Waals surface area contributed by atoms with Gasteiger partial charge in [0.25, 0.3) is 5.91 Å². The van der Waals surface area contributed by atoms with E-state index in [1.165, 1.54) is 13.2 Å². The first-order valence-electron chi connectivity index (χ1n) is 15.6. The Morgan fingerprint density at radius 3 is 2.28 bits per heavy atom. The van der Waals surface area contributed by atoms with Crippen molar-refractivity contribution < 1.29 is 42.1 Å². The number of fused-ring (bicyclic) bond motifs is 1. The van der Waals surface area contributed by atoms with Gasteiger partial charge in [0.15, 0.2) is 23.1 Å². The molecule has 1 aromatic heterocycles. The summed E-state index contributed by atoms with van der Waals surface area (Å²) in [6.07, 6.45) is 2.28. The molecule has 2 aliphatic heterocycles. The Morgan fingerprint density at radius 2 is 1.67 bits per heavy atom. The second-order valence-corrected chi connectivity index (χ2v) is 11.2. The highest BCUT2D eigenvalue weighted by Gasteiger charge is 2.36. The molecule has 0 radical (unpaired) electrons. The summed E-state index contributed by atoms with van der Waals surface area (Å²) < 4.78 is 62.3. The molecule has 0 bridgehead atoms. The molecule has 246 valence electrons. The molecule has 0 unspecified atom stereocenters. The molecule has 0 atom stereocenters. The second-order valence-electron chi connectivity index (χ2n) is 11.2. The number of aryl methyl sites for hydroxylation is 1. The number of hydrogen-bond donors (Lipinski definition) is 1. The van der Waals surface area contributed by atoms with Crippen molar-refractivity contribution >= 4 is 11.9 Å². The van der Waals surface area contributed by atoms with Crippen LogP contribution in [-0.2, 0) is 19.4 Å². The molecule has 46 heavy (non-hydrogen) atoms. The van der Waals surface area contributed by atoms with Crippen molar-refractivity contribution in [3.8, 4) is 28.4 Å². The van der Waals surface area contributed by atoms with Crippen molar-refractivity contribution in [1.29, 1.82) is 0 Å². The Bertz CT molecular complexity index is 1640. The molecule has 1 fully saturated rings. The Balaban J connectivity index is 1.40. The zero-order chi connectivity index (χ0) is 33.1. The molecule has 1 N–H and O–H groups in total. The molecule has 3 heterocycles. The highest BCUT2D eigenvalue weighted by molar-refractivity contribution is 5.99. The lowest BCUT2D eigenvalue weighted by Crippen LogP contribution is -2.50. The maximum atomic E-state index is 16.2. The van der Waals surface area contributed by atoms with Crippen LogP contribution in [-0.4, -0.2) is 77.8 Å². The van der Waals surface area contributed by atoms with E-state index in [0.29, 0.717) is 73.9 Å². The van der Waals surface area contributed by atoms with Crippen LogP contribution in [0.2, 0.25) is 0 Å². The first-order valence-corrected chi connectivity index (χ1v) is 15.6. The smallest absolute Gasteiger partial charge is 0.337 e. The number of nitrogens with zero attached hydrogens (tertiary/aromatic N) is 3. The average Bonchev–Trinajstić information content (AvgIpc) is 3.04. The fourth-order valence-electron chi connectivity index (χ4n) is 6.44. The number of pyridine rings is 1. The SMILES string of the molecule is CCOc1c(CN2CCC(N3CCc4nc(CC)c(C(=O)O)cc4C3=O)CC2)c(OC)c(F)c(-c2ccc(F)cc2F)c1OCC. The Labute approximate surface area is 265 Å². The molecule has 2 aromatic carbocycles. The number of carbonyl (C=O) groups is 2. The topological polar surface area (TPSA) is 101 Å². The van der Waals surface area contributed by atoms with Crippen molar-refractivity contribution in [2.45, 2.75) is 59.0 Å². The Hall–Kier alpha value is -4.32. The lowest BCUT2D eigenvalue weighted by atomic mass is 9.95. The molecule has 2 aliphatic rings. The van der Waals surface area contributed by atoms with Gasteiger partial charge >= 0.3 is 5.97 Å². The molecule has 1 saturated heterocycles. The molecule has 0 aliphatic carbocycles. The van der Waals surface area contributed by atoms with Crippen molar-refractivity contribution in [2.24, 2.45) is 0 Å². The highest BCUT2D eigenvalue weighted by Crippen LogP contribution is 2.49. The summed E-state index contributed by atoms with van der Waals surface area (Å²) in [7, 11) is 1.32. The van der Waals surface area contributed by atoms with E-state index in [1.807, 2.05) is 11.8 Å². The van der Waals surface area contributed by atoms with Gasteiger partial charge in [0.05, 0.1) is 54.0 Å². The average molecular weight is 642 g/mol. The number of aromatic nitrogens is 1. The van der Waals surface area contributed by atoms with Gasteiger partial charge in [-0.3, -0.25) is 14.7 Å². The van der Waals surface area contributed by atoms with Crippen molar-refractivity contribution in [1.82, 2.24) is 14.8 Å². The van der Waals surface area contributed by atoms with Crippen molar-refractivity contribution in [2.75, 3.05) is 40.0 Å². The quantitative estimate of drug-likeness (QED) is 0.277. The molecular weight excluding hydrogens is 603 g/mol. The molecule has 12 heteroatoms. The van der Waals surface area contributed by atoms with E-state index < -0.39 is 23.4 Å². The van der Waals surface area contributed by atoms with Gasteiger partial charge in [-0.2, -0.15) is 0 Å². The number of rotatable bonds is 11. The summed E-state index contributed by atoms with van der Waals surface area (Å²) in [6, 6.07) is 4.29. The Kier molecular flexibility index (Phi) is 10.0. The number of piperidine rings is 1. The molecule has 0 saturated carbocycles. The van der Waals surface area contributed by atoms with Crippen LogP contribution in [0.15, 0.2) is 24.3 Å². The second kappa shape index (κ2) is 14.0. The largest absolute Gasteiger partial charge is 0.493 e. The molecule has 5 rings (SSSR count). The molecule has 1 amide bonds. The maximum absolute atomic E-state index is 16.2. The molecular formula is C34H38F3N3O6. The minimum atomic E-state index is -1.10. The third-order valence-electron chi connectivity index (χ3n) is 8.59. The number of carbonyl (C=O) groups excluding carboxylic acids is 1. The van der Waals surface area contributed by atoms with Gasteiger partial charge in [-0.25, -0.2) is 18.0 Å². The van der Waals surface area contributed by atoms with Gasteiger partial charge in [0, 0.05) is 50.3 Å². The van der Waals surface area contributed by atoms with Crippen molar-refractivity contribution in [3.63, 3.8) is 0 Å². The normalized spacial score (nSPS) is 15.5. The van der Waals surface area contributed by atoms with Crippen LogP contribution in [0.25, 0.3) is 11.1 Å². The Morgan fingerprint density at radius 1 is 0.978 bits per heavy atom. The van der Waals surface area contributed by atoms with Crippen LogP contribution in [0.5, 0.6) is 17.2 Å². The third-order valence-corrected chi connectivity index (χ3v) is 8.59. The minimum absolute atomic E-state index is 0.0104. The van der Waals surface area contributed by atoms with Gasteiger partial charge < -0.3 is 24.2 Å². The molecule has 0 spiro atoms. The van der Waals surface area contributed by atoms with E-state index >= 15 is 4.39 Å². The number of carboxylic acid groups (broad SMARTS) is 1. The predicted molar refractivity (Wildman–Crippen MR) is 164 cm³/mol. The van der Waals surface area contributed by atoms with Gasteiger partial charge in [-0.05, 0) is 51.3 Å². The number of halogens is 3. The first kappa shape index (κ1) is 33.1. The summed E-state index contributed by atoms with van der Waals surface area (Å²) in [5, 5.41) is 9.65. The minimum Gasteiger partial charge on any atom is -0.493 e. The van der Waals surface area contributed by atoms with E-state index in [1.54, 1.807) is 13.8 Å². The number of methoxy groups -OCH3 is 1. The fourth-order valence-corrected chi connectivity index (χ4v) is 6.44. The van der Waals surface area contributed by atoms with Crippen LogP contribution in [0.4, 0.5) is 13.2 Å². The van der Waals surface area contributed by atoms with Crippen LogP contribution in [0.3, 0.4) is 0 Å². The van der Waals surface area contributed by atoms with Crippen LogP contribution < -0.4 is 14.2 Å². The number of aromatic carboxylic acids is 1. The first-order chi connectivity index (χ1) is 22.1. The predicted octanol–water partition coefficient (Wildman–Crippen LogP) is 5.90. The number of carboxylic acids is 1. The monoisotopic (exact) mass is 641 g/mol. The van der Waals surface area contributed by atoms with Gasteiger partial charge in [0.2, 0.25) is 0 Å². The number of benzene rings is 2. The number of hydrogen-bond acceptors (Lipinski definition) is 7. The number of likely N-dealkylation sites (tertiary alicyclic amines) is 1. The van der Waals surface area contributed by atoms with E-state index in [-0.39, 0.29) is 65.6 Å². The zero-order valence-corrected chi connectivity index (χ0v) is 26.4. The summed E-state index contributed by atoms with van der Waals surface area (Å²) in [4.78, 5) is 33.7. The third kappa shape index (κ3) is 6.22. The summed E-state index contributed by atoms with van der Waals surface area (Å²) in [5.74, 6) is -3.80. The lowest BCUT2D eigenvalue weighted by Gasteiger charge is -2.40. The summed E-state index contributed by atoms with van der Waals surface area (Å²) >= 11 is 0. The number of amides is 1. The van der Waals surface area contributed by atoms with Crippen LogP contribution >= 0.6 is 0 Å². The van der Waals surface area contributed by atoms with Crippen LogP contribution in [0.1, 0.15) is 71.3 Å².